The van der Waals surface area contributed by atoms with Crippen molar-refractivity contribution < 1.29 is 0 Å². The molecule has 0 saturated carbocycles. The van der Waals surface area contributed by atoms with Crippen LogP contribution in [0.2, 0.25) is 0 Å². The van der Waals surface area contributed by atoms with E-state index in [1.807, 2.05) is 11.8 Å². The monoisotopic (exact) mass is 240 g/mol. The van der Waals surface area contributed by atoms with Crippen molar-refractivity contribution in [2.75, 3.05) is 5.75 Å². The Morgan fingerprint density at radius 2 is 1.82 bits per heavy atom. The van der Waals surface area contributed by atoms with Crippen LogP contribution in [0.25, 0.3) is 11.0 Å². The Hall–Kier alpha value is -1.02. The fraction of sp³-hybridized carbons (Fsp3) is 0.267. The van der Waals surface area contributed by atoms with Gasteiger partial charge in [0.1, 0.15) is 0 Å². The normalized spacial score (nSPS) is 10.5. The molecule has 0 amide bonds. The number of hydrogen-bond acceptors (Lipinski definition) is 1. The van der Waals surface area contributed by atoms with E-state index in [0.29, 0.717) is 0 Å². The van der Waals surface area contributed by atoms with E-state index in [4.69, 9.17) is 0 Å². The van der Waals surface area contributed by atoms with Gasteiger partial charge in [0.15, 0.2) is 0 Å². The van der Waals surface area contributed by atoms with E-state index in [1.54, 1.807) is 0 Å². The van der Waals surface area contributed by atoms with E-state index < -0.39 is 0 Å². The molecule has 0 aliphatic carbocycles. The third-order valence-electron chi connectivity index (χ3n) is 2.54. The minimum absolute atomic E-state index is 0.726. The van der Waals surface area contributed by atoms with Gasteiger partial charge in [-0.2, -0.15) is 0 Å². The molecule has 17 heavy (non-hydrogen) atoms. The van der Waals surface area contributed by atoms with Crippen LogP contribution >= 0.6 is 11.8 Å². The van der Waals surface area contributed by atoms with Gasteiger partial charge in [-0.25, -0.2) is 0 Å². The fourth-order valence-corrected chi connectivity index (χ4v) is 2.73. The van der Waals surface area contributed by atoms with Crippen molar-refractivity contribution in [2.45, 2.75) is 18.7 Å². The SMILES string of the molecule is CC(C)CSc1cccbc1-c1ccccc1. The van der Waals surface area contributed by atoms with E-state index in [9.17, 15) is 0 Å². The second kappa shape index (κ2) is 6.06. The van der Waals surface area contributed by atoms with Gasteiger partial charge in [0.25, 0.3) is 0 Å². The number of benzene rings is 1. The van der Waals surface area contributed by atoms with Crippen LogP contribution in [0.1, 0.15) is 13.8 Å². The van der Waals surface area contributed by atoms with E-state index in [1.165, 1.54) is 21.7 Å². The number of hydrogen-bond donors (Lipinski definition) is 0. The second-order valence-electron chi connectivity index (χ2n) is 4.57. The first-order valence-corrected chi connectivity index (χ1v) is 7.03. The summed E-state index contributed by atoms with van der Waals surface area (Å²) < 4.78 is 0. The zero-order valence-electron chi connectivity index (χ0n) is 10.4. The first-order chi connectivity index (χ1) is 8.27. The van der Waals surface area contributed by atoms with Crippen molar-refractivity contribution in [3.8, 4) is 11.0 Å². The Balaban J connectivity index is 2.28. The van der Waals surface area contributed by atoms with Gasteiger partial charge in [0, 0.05) is 0 Å². The van der Waals surface area contributed by atoms with Gasteiger partial charge in [-0.05, 0) is 0 Å². The van der Waals surface area contributed by atoms with Crippen LogP contribution in [-0.2, 0) is 0 Å². The molecule has 0 bridgehead atoms. The van der Waals surface area contributed by atoms with E-state index in [-0.39, 0.29) is 0 Å². The summed E-state index contributed by atoms with van der Waals surface area (Å²) in [5, 5.41) is 0. The summed E-state index contributed by atoms with van der Waals surface area (Å²) >= 11 is 1.95. The molecule has 0 nitrogen and oxygen atoms in total. The summed E-state index contributed by atoms with van der Waals surface area (Å²) in [7, 11) is 0. The van der Waals surface area contributed by atoms with Gasteiger partial charge in [-0.1, -0.05) is 0 Å². The molecule has 0 spiro atoms. The van der Waals surface area contributed by atoms with Crippen molar-refractivity contribution in [3.63, 3.8) is 0 Å². The number of rotatable bonds is 4. The predicted octanol–water partition coefficient (Wildman–Crippen LogP) is 4.44. The molecule has 0 fully saturated rings. The quantitative estimate of drug-likeness (QED) is 0.712. The maximum atomic E-state index is 2.26. The molecule has 0 saturated heterocycles. The predicted molar refractivity (Wildman–Crippen MR) is 78.8 cm³/mol. The molecule has 0 N–H and O–H groups in total. The molecule has 0 unspecified atom stereocenters. The van der Waals surface area contributed by atoms with Gasteiger partial charge >= 0.3 is 109 Å². The van der Waals surface area contributed by atoms with Crippen LogP contribution in [0.4, 0.5) is 0 Å². The first-order valence-electron chi connectivity index (χ1n) is 6.04. The summed E-state index contributed by atoms with van der Waals surface area (Å²) in [5.74, 6) is 4.01. The van der Waals surface area contributed by atoms with Gasteiger partial charge < -0.3 is 0 Å². The third-order valence-corrected chi connectivity index (χ3v) is 4.04. The molecular weight excluding hydrogens is 223 g/mol. The molecule has 1 aromatic carbocycles. The van der Waals surface area contributed by atoms with Gasteiger partial charge in [-0.3, -0.25) is 0 Å². The zero-order chi connectivity index (χ0) is 12.1. The molecule has 0 aliphatic rings. The van der Waals surface area contributed by atoms with Crippen molar-refractivity contribution >= 4 is 18.7 Å². The Bertz CT molecular complexity index is 465. The summed E-state index contributed by atoms with van der Waals surface area (Å²) in [6, 6.07) is 14.9. The third kappa shape index (κ3) is 3.47. The number of thioether (sulfide) groups is 1. The topological polar surface area (TPSA) is 0 Å². The Morgan fingerprint density at radius 1 is 1.06 bits per heavy atom. The molecule has 86 valence electrons. The van der Waals surface area contributed by atoms with Gasteiger partial charge in [-0.15, -0.1) is 0 Å². The standard InChI is InChI=1S/C15H17BS/c1-12(2)11-17-14-9-6-10-16-15(14)13-7-4-3-5-8-13/h3-10,12H,11H2,1-2H3. The van der Waals surface area contributed by atoms with Gasteiger partial charge in [0.05, 0.1) is 0 Å². The summed E-state index contributed by atoms with van der Waals surface area (Å²) in [6.45, 7) is 6.73. The molecule has 0 aliphatic heterocycles. The van der Waals surface area contributed by atoms with Crippen molar-refractivity contribution in [1.29, 1.82) is 0 Å². The van der Waals surface area contributed by atoms with E-state index in [0.717, 1.165) is 5.92 Å². The van der Waals surface area contributed by atoms with Crippen molar-refractivity contribution in [2.24, 2.45) is 5.92 Å². The van der Waals surface area contributed by atoms with E-state index >= 15 is 0 Å². The Kier molecular flexibility index (Phi) is 4.44. The Labute approximate surface area is 109 Å². The zero-order valence-corrected chi connectivity index (χ0v) is 11.2. The van der Waals surface area contributed by atoms with Crippen LogP contribution in [0.5, 0.6) is 0 Å². The molecule has 1 heterocycles. The molecule has 1 aromatic heterocycles. The summed E-state index contributed by atoms with van der Waals surface area (Å²) in [5.41, 5.74) is 2.65. The fourth-order valence-electron chi connectivity index (χ4n) is 1.71. The molecular formula is C15H17BS. The van der Waals surface area contributed by atoms with Crippen LogP contribution in [0, 0.1) is 5.92 Å². The van der Waals surface area contributed by atoms with Crippen LogP contribution < -0.4 is 0 Å². The maximum absolute atomic E-state index is 2.26. The average Bonchev–Trinajstić information content (AvgIpc) is 2.38. The van der Waals surface area contributed by atoms with Crippen LogP contribution in [0.15, 0.2) is 53.3 Å². The average molecular weight is 240 g/mol. The Morgan fingerprint density at radius 3 is 2.53 bits per heavy atom. The van der Waals surface area contributed by atoms with E-state index in [2.05, 4.69) is 69.2 Å². The molecule has 2 aromatic rings. The molecule has 2 rings (SSSR count). The van der Waals surface area contributed by atoms with Crippen LogP contribution in [0.3, 0.4) is 0 Å². The molecule has 0 atom stereocenters. The second-order valence-corrected chi connectivity index (χ2v) is 5.63. The minimum atomic E-state index is 0.726. The first kappa shape index (κ1) is 12.4. The summed E-state index contributed by atoms with van der Waals surface area (Å²) in [4.78, 5) is 1.38. The molecule has 0 radical (unpaired) electrons. The summed E-state index contributed by atoms with van der Waals surface area (Å²) in [6.07, 6.45) is 0. The van der Waals surface area contributed by atoms with Crippen molar-refractivity contribution in [3.05, 3.63) is 48.4 Å². The van der Waals surface area contributed by atoms with Crippen molar-refractivity contribution in [1.82, 2.24) is 0 Å². The van der Waals surface area contributed by atoms with Crippen LogP contribution in [-0.4, -0.2) is 12.7 Å². The van der Waals surface area contributed by atoms with Gasteiger partial charge in [0.2, 0.25) is 0 Å². The molecule has 2 heteroatoms.